The van der Waals surface area contributed by atoms with Crippen LogP contribution in [-0.2, 0) is 16.0 Å². The van der Waals surface area contributed by atoms with Gasteiger partial charge in [0.1, 0.15) is 6.04 Å². The fraction of sp³-hybridized carbons (Fsp3) is 0.304. The van der Waals surface area contributed by atoms with Crippen LogP contribution in [0.5, 0.6) is 0 Å². The van der Waals surface area contributed by atoms with E-state index in [-0.39, 0.29) is 18.2 Å². The normalized spacial score (nSPS) is 15.0. The number of piperazine rings is 1. The van der Waals surface area contributed by atoms with E-state index in [2.05, 4.69) is 15.3 Å². The molecule has 1 atom stereocenters. The van der Waals surface area contributed by atoms with Crippen LogP contribution in [0.3, 0.4) is 0 Å². The van der Waals surface area contributed by atoms with Gasteiger partial charge in [-0.15, -0.1) is 0 Å². The molecular weight excluding hydrogens is 394 g/mol. The molecule has 3 aromatic rings. The number of aromatic nitrogens is 2. The Morgan fingerprint density at radius 3 is 2.42 bits per heavy atom. The van der Waals surface area contributed by atoms with Crippen molar-refractivity contribution >= 4 is 28.5 Å². The molecule has 1 saturated heterocycles. The molecule has 0 aliphatic carbocycles. The maximum absolute atomic E-state index is 12.9. The lowest BCUT2D eigenvalue weighted by molar-refractivity contribution is -0.137. The number of carbonyl (C=O) groups excluding carboxylic acids is 2. The lowest BCUT2D eigenvalue weighted by Gasteiger charge is -2.36. The summed E-state index contributed by atoms with van der Waals surface area (Å²) >= 11 is 0. The van der Waals surface area contributed by atoms with Crippen molar-refractivity contribution in [2.75, 3.05) is 37.7 Å². The number of hydrogen-bond donors (Lipinski definition) is 2. The summed E-state index contributed by atoms with van der Waals surface area (Å²) in [7, 11) is 0. The van der Waals surface area contributed by atoms with E-state index in [0.717, 1.165) is 16.3 Å². The fourth-order valence-corrected chi connectivity index (χ4v) is 3.85. The van der Waals surface area contributed by atoms with Crippen LogP contribution in [0.4, 0.5) is 5.95 Å². The number of carbonyl (C=O) groups is 2. The summed E-state index contributed by atoms with van der Waals surface area (Å²) in [6, 6.07) is 14.5. The minimum Gasteiger partial charge on any atom is -0.394 e. The van der Waals surface area contributed by atoms with E-state index in [4.69, 9.17) is 0 Å². The number of aliphatic hydroxyl groups is 1. The molecule has 0 radical (unpaired) electrons. The third kappa shape index (κ3) is 4.80. The monoisotopic (exact) mass is 419 g/mol. The molecule has 1 aliphatic heterocycles. The summed E-state index contributed by atoms with van der Waals surface area (Å²) in [6.07, 6.45) is 3.52. The maximum Gasteiger partial charge on any atom is 0.247 e. The smallest absolute Gasteiger partial charge is 0.247 e. The Kier molecular flexibility index (Phi) is 6.37. The van der Waals surface area contributed by atoms with Crippen LogP contribution in [-0.4, -0.2) is 70.6 Å². The molecule has 0 spiro atoms. The highest BCUT2D eigenvalue weighted by molar-refractivity contribution is 5.92. The highest BCUT2D eigenvalue weighted by Crippen LogP contribution is 2.19. The van der Waals surface area contributed by atoms with Crippen LogP contribution >= 0.6 is 0 Å². The summed E-state index contributed by atoms with van der Waals surface area (Å²) in [5.41, 5.74) is 0.885. The quantitative estimate of drug-likeness (QED) is 0.619. The largest absolute Gasteiger partial charge is 0.394 e. The van der Waals surface area contributed by atoms with Gasteiger partial charge in [-0.05, 0) is 22.4 Å². The zero-order chi connectivity index (χ0) is 21.6. The van der Waals surface area contributed by atoms with Gasteiger partial charge in [-0.25, -0.2) is 9.97 Å². The molecule has 160 valence electrons. The second-order valence-corrected chi connectivity index (χ2v) is 7.48. The number of amides is 2. The minimum absolute atomic E-state index is 0.143. The molecule has 1 aromatic heterocycles. The number of anilines is 1. The summed E-state index contributed by atoms with van der Waals surface area (Å²) in [5, 5.41) is 14.5. The first-order chi connectivity index (χ1) is 15.2. The number of rotatable bonds is 6. The zero-order valence-electron chi connectivity index (χ0n) is 17.1. The maximum atomic E-state index is 12.9. The molecule has 1 aliphatic rings. The Balaban J connectivity index is 1.35. The van der Waals surface area contributed by atoms with Crippen molar-refractivity contribution < 1.29 is 14.7 Å². The predicted molar refractivity (Wildman–Crippen MR) is 117 cm³/mol. The lowest BCUT2D eigenvalue weighted by Crippen LogP contribution is -2.56. The number of hydrogen-bond acceptors (Lipinski definition) is 6. The van der Waals surface area contributed by atoms with Gasteiger partial charge in [-0.3, -0.25) is 9.59 Å². The third-order valence-electron chi connectivity index (χ3n) is 5.47. The SMILES string of the molecule is O=C(Cc1cccc2ccccc12)NC(CO)C(=O)N1CCN(c2ncccn2)CC1. The van der Waals surface area contributed by atoms with Crippen LogP contribution in [0.15, 0.2) is 60.9 Å². The molecule has 0 bridgehead atoms. The minimum atomic E-state index is -0.956. The van der Waals surface area contributed by atoms with Crippen molar-refractivity contribution in [2.24, 2.45) is 0 Å². The third-order valence-corrected chi connectivity index (χ3v) is 5.47. The van der Waals surface area contributed by atoms with Gasteiger partial charge in [0.25, 0.3) is 0 Å². The number of nitrogens with one attached hydrogen (secondary N) is 1. The Morgan fingerprint density at radius 2 is 1.68 bits per heavy atom. The van der Waals surface area contributed by atoms with E-state index >= 15 is 0 Å². The molecule has 4 rings (SSSR count). The van der Waals surface area contributed by atoms with E-state index in [9.17, 15) is 14.7 Å². The van der Waals surface area contributed by atoms with Crippen LogP contribution in [0.2, 0.25) is 0 Å². The molecule has 1 fully saturated rings. The van der Waals surface area contributed by atoms with Gasteiger partial charge in [-0.2, -0.15) is 0 Å². The van der Waals surface area contributed by atoms with Gasteiger partial charge in [-0.1, -0.05) is 42.5 Å². The van der Waals surface area contributed by atoms with Gasteiger partial charge in [0.2, 0.25) is 17.8 Å². The van der Waals surface area contributed by atoms with Crippen molar-refractivity contribution in [3.05, 3.63) is 66.5 Å². The zero-order valence-corrected chi connectivity index (χ0v) is 17.1. The lowest BCUT2D eigenvalue weighted by atomic mass is 10.0. The summed E-state index contributed by atoms with van der Waals surface area (Å²) < 4.78 is 0. The molecule has 2 aromatic carbocycles. The van der Waals surface area contributed by atoms with E-state index in [0.29, 0.717) is 32.1 Å². The molecule has 2 N–H and O–H groups in total. The van der Waals surface area contributed by atoms with E-state index in [1.54, 1.807) is 23.4 Å². The highest BCUT2D eigenvalue weighted by Gasteiger charge is 2.29. The average Bonchev–Trinajstić information content (AvgIpc) is 2.83. The van der Waals surface area contributed by atoms with Crippen molar-refractivity contribution in [1.82, 2.24) is 20.2 Å². The molecule has 0 saturated carbocycles. The Morgan fingerprint density at radius 1 is 0.968 bits per heavy atom. The van der Waals surface area contributed by atoms with Crippen molar-refractivity contribution in [1.29, 1.82) is 0 Å². The second-order valence-electron chi connectivity index (χ2n) is 7.48. The topological polar surface area (TPSA) is 98.7 Å². The fourth-order valence-electron chi connectivity index (χ4n) is 3.85. The van der Waals surface area contributed by atoms with Crippen LogP contribution < -0.4 is 10.2 Å². The molecule has 2 amide bonds. The van der Waals surface area contributed by atoms with Crippen LogP contribution in [0, 0.1) is 0 Å². The molecule has 8 heteroatoms. The first-order valence-corrected chi connectivity index (χ1v) is 10.3. The summed E-state index contributed by atoms with van der Waals surface area (Å²) in [6.45, 7) is 1.71. The van der Waals surface area contributed by atoms with E-state index in [1.165, 1.54) is 0 Å². The first-order valence-electron chi connectivity index (χ1n) is 10.3. The molecule has 8 nitrogen and oxygen atoms in total. The number of benzene rings is 2. The van der Waals surface area contributed by atoms with Gasteiger partial charge in [0.05, 0.1) is 13.0 Å². The number of aliphatic hydroxyl groups excluding tert-OH is 1. The molecular formula is C23H25N5O3. The van der Waals surface area contributed by atoms with Crippen LogP contribution in [0.1, 0.15) is 5.56 Å². The van der Waals surface area contributed by atoms with Gasteiger partial charge in [0, 0.05) is 38.6 Å². The second kappa shape index (κ2) is 9.53. The standard InChI is InChI=1S/C23H25N5O3/c29-16-20(22(31)27-11-13-28(14-12-27)23-24-9-4-10-25-23)26-21(30)15-18-7-3-6-17-5-1-2-8-19(17)18/h1-10,20,29H,11-16H2,(H,26,30). The van der Waals surface area contributed by atoms with E-state index < -0.39 is 12.6 Å². The van der Waals surface area contributed by atoms with Gasteiger partial charge in [0.15, 0.2) is 0 Å². The Bertz CT molecular complexity index is 1050. The van der Waals surface area contributed by atoms with Crippen molar-refractivity contribution in [3.8, 4) is 0 Å². The molecule has 31 heavy (non-hydrogen) atoms. The highest BCUT2D eigenvalue weighted by atomic mass is 16.3. The van der Waals surface area contributed by atoms with Gasteiger partial charge < -0.3 is 20.2 Å². The van der Waals surface area contributed by atoms with Crippen molar-refractivity contribution in [3.63, 3.8) is 0 Å². The summed E-state index contributed by atoms with van der Waals surface area (Å²) in [5.74, 6) is 0.0687. The van der Waals surface area contributed by atoms with Crippen LogP contribution in [0.25, 0.3) is 10.8 Å². The number of nitrogens with zero attached hydrogens (tertiary/aromatic N) is 4. The Labute approximate surface area is 180 Å². The number of fused-ring (bicyclic) bond motifs is 1. The Hall–Kier alpha value is -3.52. The summed E-state index contributed by atoms with van der Waals surface area (Å²) in [4.78, 5) is 37.7. The average molecular weight is 419 g/mol. The molecule has 2 heterocycles. The predicted octanol–water partition coefficient (Wildman–Crippen LogP) is 0.998. The van der Waals surface area contributed by atoms with E-state index in [1.807, 2.05) is 47.4 Å². The first kappa shape index (κ1) is 20.7. The van der Waals surface area contributed by atoms with Crippen molar-refractivity contribution in [2.45, 2.75) is 12.5 Å². The van der Waals surface area contributed by atoms with Gasteiger partial charge >= 0.3 is 0 Å². The molecule has 1 unspecified atom stereocenters.